The third-order valence-electron chi connectivity index (χ3n) is 5.53. The van der Waals surface area contributed by atoms with Crippen molar-refractivity contribution >= 4 is 0 Å². The molecule has 2 saturated heterocycles. The monoisotopic (exact) mass is 343 g/mol. The van der Waals surface area contributed by atoms with Gasteiger partial charge in [0.15, 0.2) is 0 Å². The maximum absolute atomic E-state index is 14.4. The molecule has 2 fully saturated rings. The number of piperidine rings is 1. The van der Waals surface area contributed by atoms with E-state index in [0.29, 0.717) is 17.6 Å². The Labute approximate surface area is 147 Å². The highest BCUT2D eigenvalue weighted by Gasteiger charge is 2.33. The Morgan fingerprint density at radius 2 is 1.92 bits per heavy atom. The molecule has 5 heteroatoms. The summed E-state index contributed by atoms with van der Waals surface area (Å²) in [6.45, 7) is 2.28. The first-order valence-electron chi connectivity index (χ1n) is 9.05. The predicted octanol–water partition coefficient (Wildman–Crippen LogP) is 3.67. The maximum Gasteiger partial charge on any atom is 0.128 e. The SMILES string of the molecule is Fc1ccc(F)c(C(NC2CCN3CCCC3C2)c2ccncc2)c1. The predicted molar refractivity (Wildman–Crippen MR) is 93.2 cm³/mol. The van der Waals surface area contributed by atoms with Gasteiger partial charge in [-0.25, -0.2) is 8.78 Å². The van der Waals surface area contributed by atoms with Gasteiger partial charge in [-0.15, -0.1) is 0 Å². The molecule has 25 heavy (non-hydrogen) atoms. The van der Waals surface area contributed by atoms with Crippen LogP contribution in [0.3, 0.4) is 0 Å². The topological polar surface area (TPSA) is 28.2 Å². The molecule has 3 unspecified atom stereocenters. The van der Waals surface area contributed by atoms with E-state index in [2.05, 4.69) is 15.2 Å². The van der Waals surface area contributed by atoms with Gasteiger partial charge in [-0.2, -0.15) is 0 Å². The van der Waals surface area contributed by atoms with Gasteiger partial charge >= 0.3 is 0 Å². The Bertz CT molecular complexity index is 722. The van der Waals surface area contributed by atoms with E-state index in [1.165, 1.54) is 37.6 Å². The minimum absolute atomic E-state index is 0.306. The summed E-state index contributed by atoms with van der Waals surface area (Å²) in [6, 6.07) is 7.98. The quantitative estimate of drug-likeness (QED) is 0.918. The van der Waals surface area contributed by atoms with Gasteiger partial charge in [-0.05, 0) is 74.7 Å². The molecule has 3 atom stereocenters. The summed E-state index contributed by atoms with van der Waals surface area (Å²) < 4.78 is 28.2. The molecule has 0 radical (unpaired) electrons. The fourth-order valence-electron chi connectivity index (χ4n) is 4.27. The number of nitrogens with one attached hydrogen (secondary N) is 1. The largest absolute Gasteiger partial charge is 0.303 e. The van der Waals surface area contributed by atoms with E-state index in [1.807, 2.05) is 12.1 Å². The average Bonchev–Trinajstić information content (AvgIpc) is 3.10. The third-order valence-corrected chi connectivity index (χ3v) is 5.53. The third kappa shape index (κ3) is 3.58. The second kappa shape index (κ2) is 7.18. The van der Waals surface area contributed by atoms with Crippen LogP contribution in [0.2, 0.25) is 0 Å². The minimum Gasteiger partial charge on any atom is -0.303 e. The standard InChI is InChI=1S/C20H23F2N3/c21-15-3-4-19(22)18(12-15)20(14-5-8-23-9-6-14)24-16-7-11-25-10-1-2-17(25)13-16/h3-6,8-9,12,16-17,20,24H,1-2,7,10-11,13H2. The van der Waals surface area contributed by atoms with E-state index in [4.69, 9.17) is 0 Å². The zero-order valence-corrected chi connectivity index (χ0v) is 14.2. The smallest absolute Gasteiger partial charge is 0.128 e. The average molecular weight is 343 g/mol. The van der Waals surface area contributed by atoms with E-state index >= 15 is 0 Å². The molecular formula is C20H23F2N3. The van der Waals surface area contributed by atoms with Gasteiger partial charge in [-0.1, -0.05) is 0 Å². The molecule has 1 aromatic heterocycles. The second-order valence-electron chi connectivity index (χ2n) is 7.10. The number of pyridine rings is 1. The fourth-order valence-corrected chi connectivity index (χ4v) is 4.27. The van der Waals surface area contributed by atoms with Crippen LogP contribution in [-0.2, 0) is 0 Å². The Kier molecular flexibility index (Phi) is 4.77. The van der Waals surface area contributed by atoms with E-state index in [-0.39, 0.29) is 11.9 Å². The summed E-state index contributed by atoms with van der Waals surface area (Å²) in [5.41, 5.74) is 1.27. The van der Waals surface area contributed by atoms with Crippen molar-refractivity contribution in [3.05, 3.63) is 65.5 Å². The Hall–Kier alpha value is -1.85. The Balaban J connectivity index is 1.61. The summed E-state index contributed by atoms with van der Waals surface area (Å²) in [5, 5.41) is 3.61. The van der Waals surface area contributed by atoms with E-state index in [1.54, 1.807) is 12.4 Å². The Morgan fingerprint density at radius 1 is 1.08 bits per heavy atom. The van der Waals surface area contributed by atoms with Crippen molar-refractivity contribution in [2.75, 3.05) is 13.1 Å². The highest BCUT2D eigenvalue weighted by molar-refractivity contribution is 5.32. The van der Waals surface area contributed by atoms with Crippen molar-refractivity contribution in [3.8, 4) is 0 Å². The van der Waals surface area contributed by atoms with Crippen LogP contribution >= 0.6 is 0 Å². The van der Waals surface area contributed by atoms with Crippen molar-refractivity contribution in [1.29, 1.82) is 0 Å². The summed E-state index contributed by atoms with van der Waals surface area (Å²) in [4.78, 5) is 6.61. The van der Waals surface area contributed by atoms with Crippen molar-refractivity contribution in [3.63, 3.8) is 0 Å². The van der Waals surface area contributed by atoms with Gasteiger partial charge in [-0.3, -0.25) is 4.98 Å². The van der Waals surface area contributed by atoms with Crippen LogP contribution < -0.4 is 5.32 Å². The van der Waals surface area contributed by atoms with E-state index in [9.17, 15) is 8.78 Å². The highest BCUT2D eigenvalue weighted by Crippen LogP contribution is 2.31. The lowest BCUT2D eigenvalue weighted by atomic mass is 9.93. The molecular weight excluding hydrogens is 320 g/mol. The number of aromatic nitrogens is 1. The molecule has 2 aliphatic rings. The van der Waals surface area contributed by atoms with E-state index < -0.39 is 5.82 Å². The summed E-state index contributed by atoms with van der Waals surface area (Å²) in [5.74, 6) is -0.795. The number of fused-ring (bicyclic) bond motifs is 1. The molecule has 2 aromatic rings. The fraction of sp³-hybridized carbons (Fsp3) is 0.450. The number of halogens is 2. The van der Waals surface area contributed by atoms with Gasteiger partial charge in [0, 0.05) is 30.0 Å². The number of nitrogens with zero attached hydrogens (tertiary/aromatic N) is 2. The van der Waals surface area contributed by atoms with Gasteiger partial charge in [0.25, 0.3) is 0 Å². The summed E-state index contributed by atoms with van der Waals surface area (Å²) >= 11 is 0. The molecule has 0 saturated carbocycles. The second-order valence-corrected chi connectivity index (χ2v) is 7.10. The van der Waals surface area contributed by atoms with Crippen LogP contribution in [0.25, 0.3) is 0 Å². The van der Waals surface area contributed by atoms with Crippen LogP contribution in [0.15, 0.2) is 42.7 Å². The lowest BCUT2D eigenvalue weighted by Crippen LogP contribution is -2.46. The van der Waals surface area contributed by atoms with Crippen molar-refractivity contribution in [2.45, 2.75) is 43.8 Å². The number of benzene rings is 1. The van der Waals surface area contributed by atoms with Gasteiger partial charge < -0.3 is 10.2 Å². The molecule has 0 amide bonds. The van der Waals surface area contributed by atoms with Crippen molar-refractivity contribution < 1.29 is 8.78 Å². The lowest BCUT2D eigenvalue weighted by Gasteiger charge is -2.37. The van der Waals surface area contributed by atoms with Crippen LogP contribution in [0.5, 0.6) is 0 Å². The minimum atomic E-state index is -0.414. The van der Waals surface area contributed by atoms with Crippen molar-refractivity contribution in [2.24, 2.45) is 0 Å². The van der Waals surface area contributed by atoms with Crippen LogP contribution in [0, 0.1) is 11.6 Å². The van der Waals surface area contributed by atoms with Gasteiger partial charge in [0.05, 0.1) is 6.04 Å². The molecule has 1 aromatic carbocycles. The first-order valence-corrected chi connectivity index (χ1v) is 9.05. The molecule has 3 nitrogen and oxygen atoms in total. The maximum atomic E-state index is 14.4. The van der Waals surface area contributed by atoms with Crippen LogP contribution in [0.1, 0.15) is 42.9 Å². The molecule has 0 bridgehead atoms. The summed E-state index contributed by atoms with van der Waals surface area (Å²) in [7, 11) is 0. The number of rotatable bonds is 4. The van der Waals surface area contributed by atoms with Gasteiger partial charge in [0.2, 0.25) is 0 Å². The van der Waals surface area contributed by atoms with E-state index in [0.717, 1.165) is 24.9 Å². The van der Waals surface area contributed by atoms with Crippen LogP contribution in [-0.4, -0.2) is 35.1 Å². The normalized spacial score (nSPS) is 24.9. The lowest BCUT2D eigenvalue weighted by molar-refractivity contribution is 0.163. The summed E-state index contributed by atoms with van der Waals surface area (Å²) in [6.07, 6.45) is 8.01. The van der Waals surface area contributed by atoms with Crippen LogP contribution in [0.4, 0.5) is 8.78 Å². The number of hydrogen-bond donors (Lipinski definition) is 1. The van der Waals surface area contributed by atoms with Gasteiger partial charge in [0.1, 0.15) is 11.6 Å². The first-order chi connectivity index (χ1) is 12.2. The van der Waals surface area contributed by atoms with Crippen molar-refractivity contribution in [1.82, 2.24) is 15.2 Å². The first kappa shape index (κ1) is 16.6. The molecule has 3 heterocycles. The molecule has 1 N–H and O–H groups in total. The molecule has 4 rings (SSSR count). The highest BCUT2D eigenvalue weighted by atomic mass is 19.1. The molecule has 132 valence electrons. The Morgan fingerprint density at radius 3 is 2.76 bits per heavy atom. The molecule has 0 aliphatic carbocycles. The zero-order chi connectivity index (χ0) is 17.2. The number of hydrogen-bond acceptors (Lipinski definition) is 3. The molecule has 0 spiro atoms. The molecule has 2 aliphatic heterocycles. The zero-order valence-electron chi connectivity index (χ0n) is 14.2.